The van der Waals surface area contributed by atoms with Gasteiger partial charge >= 0.3 is 5.97 Å². The van der Waals surface area contributed by atoms with Crippen molar-refractivity contribution in [3.8, 4) is 0 Å². The first kappa shape index (κ1) is 12.0. The van der Waals surface area contributed by atoms with Gasteiger partial charge in [-0.3, -0.25) is 9.59 Å². The van der Waals surface area contributed by atoms with Crippen LogP contribution in [0, 0.1) is 17.8 Å². The van der Waals surface area contributed by atoms with Crippen molar-refractivity contribution < 1.29 is 14.3 Å². The minimum Gasteiger partial charge on any atom is -0.469 e. The second-order valence-corrected chi connectivity index (χ2v) is 4.50. The number of hydrogen-bond acceptors (Lipinski definition) is 3. The van der Waals surface area contributed by atoms with Crippen LogP contribution in [0.5, 0.6) is 0 Å². The summed E-state index contributed by atoms with van der Waals surface area (Å²) >= 11 is 0. The van der Waals surface area contributed by atoms with Crippen molar-refractivity contribution in [2.24, 2.45) is 17.8 Å². The number of ether oxygens (including phenoxy) is 1. The second-order valence-electron chi connectivity index (χ2n) is 4.50. The largest absolute Gasteiger partial charge is 0.469 e. The highest BCUT2D eigenvalue weighted by Gasteiger charge is 2.37. The molecule has 4 heteroatoms. The molecular weight excluding hydrogens is 194 g/mol. The van der Waals surface area contributed by atoms with E-state index in [0.717, 1.165) is 0 Å². The van der Waals surface area contributed by atoms with Crippen LogP contribution in [0.25, 0.3) is 0 Å². The van der Waals surface area contributed by atoms with E-state index in [1.807, 2.05) is 20.8 Å². The van der Waals surface area contributed by atoms with Crippen LogP contribution in [0.3, 0.4) is 0 Å². The number of nitrogens with zero attached hydrogens (tertiary/aromatic N) is 1. The molecular formula is C11H19NO3. The zero-order chi connectivity index (χ0) is 11.6. The predicted octanol–water partition coefficient (Wildman–Crippen LogP) is 0.910. The number of carbonyl (C=O) groups excluding carboxylic acids is 2. The normalized spacial score (nSPS) is 25.8. The number of amides is 1. The SMILES string of the molecule is COC(=O)C1CN(C(=O)C(C)C)CC1C. The van der Waals surface area contributed by atoms with E-state index < -0.39 is 0 Å². The maximum absolute atomic E-state index is 11.7. The molecule has 0 aromatic heterocycles. The Balaban J connectivity index is 2.63. The highest BCUT2D eigenvalue weighted by atomic mass is 16.5. The van der Waals surface area contributed by atoms with E-state index in [0.29, 0.717) is 13.1 Å². The first-order valence-corrected chi connectivity index (χ1v) is 5.34. The highest BCUT2D eigenvalue weighted by Crippen LogP contribution is 2.25. The highest BCUT2D eigenvalue weighted by molar-refractivity contribution is 5.80. The Labute approximate surface area is 90.6 Å². The molecule has 4 nitrogen and oxygen atoms in total. The lowest BCUT2D eigenvalue weighted by molar-refractivity contribution is -0.146. The summed E-state index contributed by atoms with van der Waals surface area (Å²) in [5.74, 6) is -0.0544. The molecule has 1 amide bonds. The number of methoxy groups -OCH3 is 1. The van der Waals surface area contributed by atoms with E-state index >= 15 is 0 Å². The fourth-order valence-electron chi connectivity index (χ4n) is 1.97. The Morgan fingerprint density at radius 1 is 1.33 bits per heavy atom. The van der Waals surface area contributed by atoms with Gasteiger partial charge in [-0.15, -0.1) is 0 Å². The quantitative estimate of drug-likeness (QED) is 0.640. The molecule has 0 saturated carbocycles. The van der Waals surface area contributed by atoms with Crippen LogP contribution in [0.2, 0.25) is 0 Å². The number of hydrogen-bond donors (Lipinski definition) is 0. The lowest BCUT2D eigenvalue weighted by Crippen LogP contribution is -2.33. The van der Waals surface area contributed by atoms with Crippen molar-refractivity contribution in [2.45, 2.75) is 20.8 Å². The van der Waals surface area contributed by atoms with Crippen molar-refractivity contribution in [3.05, 3.63) is 0 Å². The predicted molar refractivity (Wildman–Crippen MR) is 56.1 cm³/mol. The van der Waals surface area contributed by atoms with Crippen molar-refractivity contribution in [1.29, 1.82) is 0 Å². The molecule has 2 unspecified atom stereocenters. The van der Waals surface area contributed by atoms with Gasteiger partial charge in [0.15, 0.2) is 0 Å². The molecule has 0 bridgehead atoms. The van der Waals surface area contributed by atoms with Gasteiger partial charge in [0.2, 0.25) is 5.91 Å². The van der Waals surface area contributed by atoms with E-state index in [4.69, 9.17) is 4.74 Å². The molecule has 0 aliphatic carbocycles. The van der Waals surface area contributed by atoms with Gasteiger partial charge in [-0.25, -0.2) is 0 Å². The maximum Gasteiger partial charge on any atom is 0.310 e. The van der Waals surface area contributed by atoms with Gasteiger partial charge in [0.05, 0.1) is 13.0 Å². The van der Waals surface area contributed by atoms with E-state index in [1.165, 1.54) is 7.11 Å². The monoisotopic (exact) mass is 213 g/mol. The summed E-state index contributed by atoms with van der Waals surface area (Å²) in [5, 5.41) is 0. The zero-order valence-electron chi connectivity index (χ0n) is 9.82. The lowest BCUT2D eigenvalue weighted by atomic mass is 9.99. The molecule has 15 heavy (non-hydrogen) atoms. The molecule has 1 aliphatic heterocycles. The summed E-state index contributed by atoms with van der Waals surface area (Å²) in [6, 6.07) is 0. The number of esters is 1. The van der Waals surface area contributed by atoms with Gasteiger partial charge in [-0.1, -0.05) is 20.8 Å². The molecule has 0 aromatic carbocycles. The average Bonchev–Trinajstić information content (AvgIpc) is 2.57. The van der Waals surface area contributed by atoms with E-state index in [-0.39, 0.29) is 29.6 Å². The number of carbonyl (C=O) groups is 2. The van der Waals surface area contributed by atoms with E-state index in [9.17, 15) is 9.59 Å². The minimum absolute atomic E-state index is 0.00593. The Hall–Kier alpha value is -1.06. The number of rotatable bonds is 2. The topological polar surface area (TPSA) is 46.6 Å². The van der Waals surface area contributed by atoms with Gasteiger partial charge in [-0.05, 0) is 5.92 Å². The third-order valence-electron chi connectivity index (χ3n) is 2.92. The molecule has 1 fully saturated rings. The van der Waals surface area contributed by atoms with Gasteiger partial charge in [0, 0.05) is 19.0 Å². The summed E-state index contributed by atoms with van der Waals surface area (Å²) in [4.78, 5) is 24.9. The molecule has 1 heterocycles. The Morgan fingerprint density at radius 3 is 2.40 bits per heavy atom. The Morgan fingerprint density at radius 2 is 1.93 bits per heavy atom. The summed E-state index contributed by atoms with van der Waals surface area (Å²) in [5.41, 5.74) is 0. The molecule has 0 spiro atoms. The summed E-state index contributed by atoms with van der Waals surface area (Å²) in [7, 11) is 1.39. The second kappa shape index (κ2) is 4.64. The summed E-state index contributed by atoms with van der Waals surface area (Å²) in [6.45, 7) is 6.90. The van der Waals surface area contributed by atoms with Crippen LogP contribution in [-0.4, -0.2) is 37.0 Å². The van der Waals surface area contributed by atoms with Crippen LogP contribution < -0.4 is 0 Å². The minimum atomic E-state index is -0.207. The zero-order valence-corrected chi connectivity index (χ0v) is 9.82. The standard InChI is InChI=1S/C11H19NO3/c1-7(2)10(13)12-5-8(3)9(6-12)11(14)15-4/h7-9H,5-6H2,1-4H3. The first-order chi connectivity index (χ1) is 6.97. The molecule has 1 aliphatic rings. The van der Waals surface area contributed by atoms with Crippen LogP contribution in [-0.2, 0) is 14.3 Å². The van der Waals surface area contributed by atoms with Crippen LogP contribution >= 0.6 is 0 Å². The fraction of sp³-hybridized carbons (Fsp3) is 0.818. The fourth-order valence-corrected chi connectivity index (χ4v) is 1.97. The van der Waals surface area contributed by atoms with E-state index in [1.54, 1.807) is 4.90 Å². The third kappa shape index (κ3) is 2.49. The molecule has 2 atom stereocenters. The van der Waals surface area contributed by atoms with Crippen molar-refractivity contribution in [2.75, 3.05) is 20.2 Å². The van der Waals surface area contributed by atoms with Gasteiger partial charge < -0.3 is 9.64 Å². The maximum atomic E-state index is 11.7. The van der Waals surface area contributed by atoms with Crippen LogP contribution in [0.15, 0.2) is 0 Å². The van der Waals surface area contributed by atoms with Gasteiger partial charge in [0.25, 0.3) is 0 Å². The van der Waals surface area contributed by atoms with Gasteiger partial charge in [-0.2, -0.15) is 0 Å². The molecule has 0 N–H and O–H groups in total. The molecule has 1 saturated heterocycles. The number of likely N-dealkylation sites (tertiary alicyclic amines) is 1. The van der Waals surface area contributed by atoms with Crippen molar-refractivity contribution in [3.63, 3.8) is 0 Å². The third-order valence-corrected chi connectivity index (χ3v) is 2.92. The molecule has 0 radical (unpaired) electrons. The molecule has 0 aromatic rings. The molecule has 86 valence electrons. The van der Waals surface area contributed by atoms with Crippen LogP contribution in [0.1, 0.15) is 20.8 Å². The lowest BCUT2D eigenvalue weighted by Gasteiger charge is -2.18. The Kier molecular flexibility index (Phi) is 3.72. The van der Waals surface area contributed by atoms with Crippen LogP contribution in [0.4, 0.5) is 0 Å². The smallest absolute Gasteiger partial charge is 0.310 e. The molecule has 1 rings (SSSR count). The van der Waals surface area contributed by atoms with E-state index in [2.05, 4.69) is 0 Å². The van der Waals surface area contributed by atoms with Crippen molar-refractivity contribution in [1.82, 2.24) is 4.90 Å². The van der Waals surface area contributed by atoms with Crippen molar-refractivity contribution >= 4 is 11.9 Å². The Bertz CT molecular complexity index is 263. The summed E-state index contributed by atoms with van der Waals surface area (Å²) < 4.78 is 4.72. The first-order valence-electron chi connectivity index (χ1n) is 5.34. The summed E-state index contributed by atoms with van der Waals surface area (Å²) in [6.07, 6.45) is 0. The average molecular weight is 213 g/mol. The van der Waals surface area contributed by atoms with Gasteiger partial charge in [0.1, 0.15) is 0 Å².